The van der Waals surface area contributed by atoms with Crippen LogP contribution in [0.5, 0.6) is 5.75 Å². The second kappa shape index (κ2) is 9.74. The Morgan fingerprint density at radius 2 is 2.10 bits per heavy atom. The van der Waals surface area contributed by atoms with Gasteiger partial charge in [-0.05, 0) is 31.2 Å². The number of benzene rings is 1. The fraction of sp³-hybridized carbons (Fsp3) is 0.500. The second-order valence-corrected chi connectivity index (χ2v) is 5.09. The summed E-state index contributed by atoms with van der Waals surface area (Å²) in [5.74, 6) is 0.472. The summed E-state index contributed by atoms with van der Waals surface area (Å²) in [6.07, 6.45) is -0.324. The van der Waals surface area contributed by atoms with Crippen LogP contribution in [0.1, 0.15) is 13.3 Å². The van der Waals surface area contributed by atoms with Gasteiger partial charge in [0.25, 0.3) is 0 Å². The van der Waals surface area contributed by atoms with Crippen LogP contribution in [0, 0.1) is 0 Å². The lowest BCUT2D eigenvalue weighted by atomic mass is 10.3. The molecule has 0 amide bonds. The first-order valence-electron chi connectivity index (χ1n) is 6.54. The zero-order valence-electron chi connectivity index (χ0n) is 11.5. The molecule has 0 heterocycles. The predicted molar refractivity (Wildman–Crippen MR) is 79.8 cm³/mol. The Bertz CT molecular complexity index is 397. The third kappa shape index (κ3) is 7.47. The van der Waals surface area contributed by atoms with E-state index < -0.39 is 6.10 Å². The van der Waals surface area contributed by atoms with Crippen molar-refractivity contribution in [3.63, 3.8) is 0 Å². The van der Waals surface area contributed by atoms with E-state index in [2.05, 4.69) is 21.2 Å². The maximum atomic E-state index is 11.1. The summed E-state index contributed by atoms with van der Waals surface area (Å²) in [7, 11) is 0. The summed E-state index contributed by atoms with van der Waals surface area (Å²) in [6, 6.07) is 7.40. The first kappa shape index (κ1) is 16.9. The van der Waals surface area contributed by atoms with Crippen LogP contribution in [-0.2, 0) is 9.53 Å². The van der Waals surface area contributed by atoms with E-state index in [4.69, 9.17) is 9.47 Å². The van der Waals surface area contributed by atoms with Crippen molar-refractivity contribution in [2.24, 2.45) is 0 Å². The molecule has 2 N–H and O–H groups in total. The lowest BCUT2D eigenvalue weighted by Crippen LogP contribution is -2.32. The normalized spacial score (nSPS) is 11.9. The number of halogens is 1. The molecule has 0 fully saturated rings. The van der Waals surface area contributed by atoms with Gasteiger partial charge in [0, 0.05) is 17.6 Å². The van der Waals surface area contributed by atoms with E-state index in [1.807, 2.05) is 24.3 Å². The fourth-order valence-corrected chi connectivity index (χ4v) is 1.74. The van der Waals surface area contributed by atoms with Gasteiger partial charge in [0.15, 0.2) is 0 Å². The van der Waals surface area contributed by atoms with Crippen LogP contribution in [0.15, 0.2) is 28.7 Å². The summed E-state index contributed by atoms with van der Waals surface area (Å²) in [6.45, 7) is 3.22. The fourth-order valence-electron chi connectivity index (χ4n) is 1.47. The smallest absolute Gasteiger partial charge is 0.307 e. The number of nitrogens with one attached hydrogen (secondary N) is 1. The summed E-state index contributed by atoms with van der Waals surface area (Å²) in [4.78, 5) is 11.1. The number of esters is 1. The molecule has 112 valence electrons. The van der Waals surface area contributed by atoms with Crippen molar-refractivity contribution in [2.75, 3.05) is 26.3 Å². The summed E-state index contributed by atoms with van der Waals surface area (Å²) < 4.78 is 11.2. The van der Waals surface area contributed by atoms with Crippen LogP contribution < -0.4 is 10.1 Å². The molecule has 1 aromatic carbocycles. The molecule has 0 aliphatic heterocycles. The molecule has 0 aliphatic rings. The van der Waals surface area contributed by atoms with Gasteiger partial charge in [-0.3, -0.25) is 4.79 Å². The number of aliphatic hydroxyl groups excluding tert-OH is 1. The van der Waals surface area contributed by atoms with Gasteiger partial charge in [-0.25, -0.2) is 0 Å². The average molecular weight is 346 g/mol. The maximum Gasteiger partial charge on any atom is 0.307 e. The van der Waals surface area contributed by atoms with Gasteiger partial charge in [-0.15, -0.1) is 0 Å². The third-order valence-corrected chi connectivity index (χ3v) is 2.98. The molecule has 0 spiro atoms. The molecule has 0 saturated heterocycles. The minimum absolute atomic E-state index is 0.202. The molecule has 0 aliphatic carbocycles. The highest BCUT2D eigenvalue weighted by Gasteiger charge is 2.06. The Kier molecular flexibility index (Phi) is 8.25. The topological polar surface area (TPSA) is 67.8 Å². The van der Waals surface area contributed by atoms with Crippen molar-refractivity contribution in [1.82, 2.24) is 5.32 Å². The molecule has 1 aromatic rings. The highest BCUT2D eigenvalue weighted by atomic mass is 79.9. The maximum absolute atomic E-state index is 11.1. The third-order valence-electron chi connectivity index (χ3n) is 2.45. The number of carbonyl (C=O) groups is 1. The number of hydrogen-bond acceptors (Lipinski definition) is 5. The van der Waals surface area contributed by atoms with Gasteiger partial charge in [-0.1, -0.05) is 15.9 Å². The second-order valence-electron chi connectivity index (χ2n) is 4.18. The van der Waals surface area contributed by atoms with Crippen molar-refractivity contribution in [3.8, 4) is 5.75 Å². The number of hydrogen-bond donors (Lipinski definition) is 2. The summed E-state index contributed by atoms with van der Waals surface area (Å²) in [5.41, 5.74) is 0. The minimum Gasteiger partial charge on any atom is -0.491 e. The SMILES string of the molecule is CCOC(=O)CCNCC(O)COc1ccc(Br)cc1. The lowest BCUT2D eigenvalue weighted by Gasteiger charge is -2.13. The van der Waals surface area contributed by atoms with Crippen LogP contribution in [0.2, 0.25) is 0 Å². The standard InChI is InChI=1S/C14H20BrNO4/c1-2-19-14(18)7-8-16-9-12(17)10-20-13-5-3-11(15)4-6-13/h3-6,12,16-17H,2,7-10H2,1H3. The molecule has 0 bridgehead atoms. The van der Waals surface area contributed by atoms with E-state index in [0.717, 1.165) is 4.47 Å². The summed E-state index contributed by atoms with van der Waals surface area (Å²) >= 11 is 3.34. The molecule has 1 unspecified atom stereocenters. The van der Waals surface area contributed by atoms with Crippen molar-refractivity contribution < 1.29 is 19.4 Å². The molecule has 0 aromatic heterocycles. The van der Waals surface area contributed by atoms with E-state index >= 15 is 0 Å². The van der Waals surface area contributed by atoms with E-state index in [1.165, 1.54) is 0 Å². The van der Waals surface area contributed by atoms with Crippen molar-refractivity contribution in [1.29, 1.82) is 0 Å². The monoisotopic (exact) mass is 345 g/mol. The highest BCUT2D eigenvalue weighted by molar-refractivity contribution is 9.10. The van der Waals surface area contributed by atoms with Crippen LogP contribution >= 0.6 is 15.9 Å². The molecule has 0 radical (unpaired) electrons. The van der Waals surface area contributed by atoms with E-state index in [0.29, 0.717) is 31.9 Å². The molecule has 20 heavy (non-hydrogen) atoms. The molecular formula is C14H20BrNO4. The Hall–Kier alpha value is -1.11. The Morgan fingerprint density at radius 3 is 2.75 bits per heavy atom. The van der Waals surface area contributed by atoms with Crippen molar-refractivity contribution in [3.05, 3.63) is 28.7 Å². The number of rotatable bonds is 9. The number of carbonyl (C=O) groups excluding carboxylic acids is 1. The van der Waals surface area contributed by atoms with Crippen LogP contribution in [0.4, 0.5) is 0 Å². The molecule has 1 rings (SSSR count). The van der Waals surface area contributed by atoms with E-state index in [1.54, 1.807) is 6.92 Å². The van der Waals surface area contributed by atoms with Crippen LogP contribution in [0.25, 0.3) is 0 Å². The molecule has 6 heteroatoms. The number of aliphatic hydroxyl groups is 1. The van der Waals surface area contributed by atoms with Gasteiger partial charge in [0.2, 0.25) is 0 Å². The van der Waals surface area contributed by atoms with Gasteiger partial charge < -0.3 is 19.9 Å². The largest absolute Gasteiger partial charge is 0.491 e. The van der Waals surface area contributed by atoms with Crippen molar-refractivity contribution >= 4 is 21.9 Å². The molecule has 5 nitrogen and oxygen atoms in total. The first-order chi connectivity index (χ1) is 9.61. The van der Waals surface area contributed by atoms with E-state index in [9.17, 15) is 9.90 Å². The predicted octanol–water partition coefficient (Wildman–Crippen LogP) is 1.73. The zero-order valence-corrected chi connectivity index (χ0v) is 13.1. The van der Waals surface area contributed by atoms with Crippen molar-refractivity contribution in [2.45, 2.75) is 19.4 Å². The summed E-state index contributed by atoms with van der Waals surface area (Å²) in [5, 5.41) is 12.7. The minimum atomic E-state index is -0.624. The Balaban J connectivity index is 2.10. The Morgan fingerprint density at radius 1 is 1.40 bits per heavy atom. The lowest BCUT2D eigenvalue weighted by molar-refractivity contribution is -0.143. The first-order valence-corrected chi connectivity index (χ1v) is 7.34. The quantitative estimate of drug-likeness (QED) is 0.527. The number of ether oxygens (including phenoxy) is 2. The van der Waals surface area contributed by atoms with Crippen LogP contribution in [0.3, 0.4) is 0 Å². The zero-order chi connectivity index (χ0) is 14.8. The molecular weight excluding hydrogens is 326 g/mol. The average Bonchev–Trinajstić information content (AvgIpc) is 2.43. The van der Waals surface area contributed by atoms with Gasteiger partial charge in [0.1, 0.15) is 18.5 Å². The molecule has 1 atom stereocenters. The highest BCUT2D eigenvalue weighted by Crippen LogP contribution is 2.16. The van der Waals surface area contributed by atoms with Gasteiger partial charge in [0.05, 0.1) is 13.0 Å². The van der Waals surface area contributed by atoms with Gasteiger partial charge in [-0.2, -0.15) is 0 Å². The van der Waals surface area contributed by atoms with Gasteiger partial charge >= 0.3 is 5.97 Å². The van der Waals surface area contributed by atoms with E-state index in [-0.39, 0.29) is 12.6 Å². The molecule has 0 saturated carbocycles. The van der Waals surface area contributed by atoms with Crippen LogP contribution in [-0.4, -0.2) is 43.5 Å². The Labute approximate surface area is 127 Å².